The fourth-order valence-electron chi connectivity index (χ4n) is 1.52. The van der Waals surface area contributed by atoms with Crippen molar-refractivity contribution in [2.75, 3.05) is 7.05 Å². The molecule has 0 saturated carbocycles. The first-order valence-corrected chi connectivity index (χ1v) is 3.75. The maximum absolute atomic E-state index is 9.58. The summed E-state index contributed by atoms with van der Waals surface area (Å²) >= 11 is 0. The number of hydrogen-bond acceptors (Lipinski definition) is 2. The van der Waals surface area contributed by atoms with Crippen molar-refractivity contribution in [1.29, 1.82) is 0 Å². The van der Waals surface area contributed by atoms with E-state index in [-0.39, 0.29) is 0 Å². The molecule has 0 amide bonds. The number of aliphatic hydroxyl groups excluding tert-OH is 1. The fourth-order valence-corrected chi connectivity index (χ4v) is 1.52. The Balaban J connectivity index is 2.47. The Morgan fingerprint density at radius 1 is 1.45 bits per heavy atom. The van der Waals surface area contributed by atoms with Crippen molar-refractivity contribution in [2.45, 2.75) is 12.8 Å². The van der Waals surface area contributed by atoms with Crippen molar-refractivity contribution in [1.82, 2.24) is 4.90 Å². The molecular weight excluding hydrogens is 138 g/mol. The zero-order valence-corrected chi connectivity index (χ0v) is 6.49. The molecule has 0 radical (unpaired) electrons. The Labute approximate surface area is 66.1 Å². The molecule has 1 N–H and O–H groups in total. The summed E-state index contributed by atoms with van der Waals surface area (Å²) < 4.78 is 0. The summed E-state index contributed by atoms with van der Waals surface area (Å²) in [5.74, 6) is 0. The molecule has 0 fully saturated rings. The van der Waals surface area contributed by atoms with E-state index in [4.69, 9.17) is 0 Å². The van der Waals surface area contributed by atoms with Crippen LogP contribution in [0.5, 0.6) is 0 Å². The second-order valence-electron chi connectivity index (χ2n) is 2.99. The highest BCUT2D eigenvalue weighted by Gasteiger charge is 2.23. The van der Waals surface area contributed by atoms with Crippen molar-refractivity contribution in [3.63, 3.8) is 0 Å². The molecule has 1 aliphatic heterocycles. The topological polar surface area (TPSA) is 23.5 Å². The van der Waals surface area contributed by atoms with Crippen LogP contribution in [0.3, 0.4) is 0 Å². The third-order valence-corrected chi connectivity index (χ3v) is 2.17. The van der Waals surface area contributed by atoms with Crippen LogP contribution in [0.2, 0.25) is 0 Å². The second-order valence-corrected chi connectivity index (χ2v) is 2.99. The summed E-state index contributed by atoms with van der Waals surface area (Å²) in [4.78, 5) is 1.92. The first-order chi connectivity index (χ1) is 5.29. The molecule has 58 valence electrons. The third-order valence-electron chi connectivity index (χ3n) is 2.17. The second kappa shape index (κ2) is 2.32. The number of rotatable bonds is 0. The van der Waals surface area contributed by atoms with Gasteiger partial charge in [0.1, 0.15) is 6.23 Å². The summed E-state index contributed by atoms with van der Waals surface area (Å²) in [6, 6.07) is 8.00. The molecule has 0 aliphatic carbocycles. The van der Waals surface area contributed by atoms with Gasteiger partial charge in [0, 0.05) is 6.54 Å². The molecule has 0 saturated heterocycles. The van der Waals surface area contributed by atoms with E-state index < -0.39 is 6.23 Å². The predicted molar refractivity (Wildman–Crippen MR) is 42.9 cm³/mol. The van der Waals surface area contributed by atoms with Gasteiger partial charge >= 0.3 is 0 Å². The van der Waals surface area contributed by atoms with E-state index in [2.05, 4.69) is 6.07 Å². The lowest BCUT2D eigenvalue weighted by atomic mass is 10.1. The Bertz CT molecular complexity index is 272. The lowest BCUT2D eigenvalue weighted by molar-refractivity contribution is 0.0337. The number of benzene rings is 1. The molecule has 0 aromatic heterocycles. The van der Waals surface area contributed by atoms with E-state index in [0.717, 1.165) is 12.1 Å². The van der Waals surface area contributed by atoms with Crippen molar-refractivity contribution in [3.8, 4) is 0 Å². The summed E-state index contributed by atoms with van der Waals surface area (Å²) in [7, 11) is 1.92. The summed E-state index contributed by atoms with van der Waals surface area (Å²) in [6.45, 7) is 0.858. The Hall–Kier alpha value is -0.860. The monoisotopic (exact) mass is 149 g/mol. The number of nitrogens with zero attached hydrogens (tertiary/aromatic N) is 1. The van der Waals surface area contributed by atoms with Gasteiger partial charge in [0.15, 0.2) is 0 Å². The van der Waals surface area contributed by atoms with Crippen LogP contribution in [0.15, 0.2) is 24.3 Å². The molecule has 0 bridgehead atoms. The maximum Gasteiger partial charge on any atom is 0.133 e. The first-order valence-electron chi connectivity index (χ1n) is 3.75. The average molecular weight is 149 g/mol. The average Bonchev–Trinajstić information content (AvgIpc) is 2.30. The normalized spacial score (nSPS) is 23.6. The van der Waals surface area contributed by atoms with Gasteiger partial charge in [-0.1, -0.05) is 24.3 Å². The van der Waals surface area contributed by atoms with Crippen LogP contribution in [0, 0.1) is 0 Å². The van der Waals surface area contributed by atoms with Crippen LogP contribution in [0.4, 0.5) is 0 Å². The van der Waals surface area contributed by atoms with E-state index in [9.17, 15) is 5.11 Å². The molecule has 1 aromatic carbocycles. The van der Waals surface area contributed by atoms with E-state index >= 15 is 0 Å². The molecule has 1 atom stereocenters. The van der Waals surface area contributed by atoms with Crippen LogP contribution in [0.1, 0.15) is 17.4 Å². The Kier molecular flexibility index (Phi) is 1.44. The standard InChI is InChI=1S/C9H11NO/c1-10-6-7-4-2-3-5-8(7)9(10)11/h2-5,9,11H,6H2,1H3. The van der Waals surface area contributed by atoms with Gasteiger partial charge in [-0.15, -0.1) is 0 Å². The highest BCUT2D eigenvalue weighted by atomic mass is 16.3. The molecular formula is C9H11NO. The SMILES string of the molecule is CN1Cc2ccccc2C1O. The highest BCUT2D eigenvalue weighted by Crippen LogP contribution is 2.29. The molecule has 2 rings (SSSR count). The zero-order chi connectivity index (χ0) is 7.84. The smallest absolute Gasteiger partial charge is 0.133 e. The van der Waals surface area contributed by atoms with Crippen molar-refractivity contribution in [3.05, 3.63) is 35.4 Å². The molecule has 1 unspecified atom stereocenters. The van der Waals surface area contributed by atoms with Gasteiger partial charge in [0.05, 0.1) is 0 Å². The zero-order valence-electron chi connectivity index (χ0n) is 6.49. The predicted octanol–water partition coefficient (Wildman–Crippen LogP) is 1.12. The Morgan fingerprint density at radius 2 is 2.18 bits per heavy atom. The summed E-state index contributed by atoms with van der Waals surface area (Å²) in [5, 5.41) is 9.58. The van der Waals surface area contributed by atoms with Crippen LogP contribution in [-0.4, -0.2) is 17.1 Å². The van der Waals surface area contributed by atoms with Gasteiger partial charge < -0.3 is 5.11 Å². The molecule has 1 heterocycles. The minimum Gasteiger partial charge on any atom is -0.374 e. The number of fused-ring (bicyclic) bond motifs is 1. The third kappa shape index (κ3) is 0.951. The van der Waals surface area contributed by atoms with Crippen molar-refractivity contribution >= 4 is 0 Å². The van der Waals surface area contributed by atoms with E-state index in [1.165, 1.54) is 5.56 Å². The van der Waals surface area contributed by atoms with Gasteiger partial charge in [-0.05, 0) is 18.2 Å². The van der Waals surface area contributed by atoms with E-state index in [1.807, 2.05) is 30.1 Å². The van der Waals surface area contributed by atoms with Crippen LogP contribution < -0.4 is 0 Å². The number of hydrogen-bond donors (Lipinski definition) is 1. The van der Waals surface area contributed by atoms with Gasteiger partial charge in [0.25, 0.3) is 0 Å². The quantitative estimate of drug-likeness (QED) is 0.597. The van der Waals surface area contributed by atoms with Crippen molar-refractivity contribution in [2.24, 2.45) is 0 Å². The lowest BCUT2D eigenvalue weighted by Crippen LogP contribution is -2.15. The largest absolute Gasteiger partial charge is 0.374 e. The minimum atomic E-state index is -0.397. The van der Waals surface area contributed by atoms with Crippen molar-refractivity contribution < 1.29 is 5.11 Å². The molecule has 1 aliphatic rings. The molecule has 0 spiro atoms. The molecule has 11 heavy (non-hydrogen) atoms. The Morgan fingerprint density at radius 3 is 2.91 bits per heavy atom. The molecule has 2 heteroatoms. The highest BCUT2D eigenvalue weighted by molar-refractivity contribution is 5.31. The minimum absolute atomic E-state index is 0.397. The van der Waals surface area contributed by atoms with Crippen LogP contribution >= 0.6 is 0 Å². The van der Waals surface area contributed by atoms with Crippen LogP contribution in [0.25, 0.3) is 0 Å². The van der Waals surface area contributed by atoms with Crippen LogP contribution in [-0.2, 0) is 6.54 Å². The summed E-state index contributed by atoms with van der Waals surface area (Å²) in [5.41, 5.74) is 2.29. The van der Waals surface area contributed by atoms with Gasteiger partial charge in [-0.2, -0.15) is 0 Å². The maximum atomic E-state index is 9.58. The summed E-state index contributed by atoms with van der Waals surface area (Å²) in [6.07, 6.45) is -0.397. The van der Waals surface area contributed by atoms with Gasteiger partial charge in [0.2, 0.25) is 0 Å². The number of aliphatic hydroxyl groups is 1. The lowest BCUT2D eigenvalue weighted by Gasteiger charge is -2.12. The molecule has 2 nitrogen and oxygen atoms in total. The molecule has 1 aromatic rings. The van der Waals surface area contributed by atoms with Gasteiger partial charge in [-0.3, -0.25) is 4.90 Å². The van der Waals surface area contributed by atoms with E-state index in [0.29, 0.717) is 0 Å². The van der Waals surface area contributed by atoms with Gasteiger partial charge in [-0.25, -0.2) is 0 Å². The first kappa shape index (κ1) is 6.83. The fraction of sp³-hybridized carbons (Fsp3) is 0.333. The van der Waals surface area contributed by atoms with E-state index in [1.54, 1.807) is 0 Å².